The fraction of sp³-hybridized carbons (Fsp3) is 0.120. The summed E-state index contributed by atoms with van der Waals surface area (Å²) in [5.41, 5.74) is 1.28. The summed E-state index contributed by atoms with van der Waals surface area (Å²) in [6, 6.07) is 21.6. The van der Waals surface area contributed by atoms with Crippen molar-refractivity contribution in [1.29, 1.82) is 0 Å². The van der Waals surface area contributed by atoms with Gasteiger partial charge >= 0.3 is 0 Å². The summed E-state index contributed by atoms with van der Waals surface area (Å²) in [5, 5.41) is 15.0. The lowest BCUT2D eigenvalue weighted by Gasteiger charge is -2.11. The highest BCUT2D eigenvalue weighted by Gasteiger charge is 2.17. The van der Waals surface area contributed by atoms with Crippen molar-refractivity contribution < 1.29 is 18.7 Å². The molecule has 0 aliphatic heterocycles. The molecular formula is C25H21ClFN5O3S. The van der Waals surface area contributed by atoms with Crippen molar-refractivity contribution in [1.82, 2.24) is 20.1 Å². The largest absolute Gasteiger partial charge is 0.484 e. The first kappa shape index (κ1) is 25.2. The van der Waals surface area contributed by atoms with Gasteiger partial charge in [0.25, 0.3) is 5.91 Å². The molecule has 0 aliphatic rings. The predicted octanol–water partition coefficient (Wildman–Crippen LogP) is 4.49. The summed E-state index contributed by atoms with van der Waals surface area (Å²) in [4.78, 5) is 24.7. The first-order valence-corrected chi connectivity index (χ1v) is 12.2. The molecule has 36 heavy (non-hydrogen) atoms. The van der Waals surface area contributed by atoms with Crippen LogP contribution in [-0.2, 0) is 16.1 Å². The highest BCUT2D eigenvalue weighted by Crippen LogP contribution is 2.22. The van der Waals surface area contributed by atoms with E-state index >= 15 is 0 Å². The van der Waals surface area contributed by atoms with E-state index in [1.54, 1.807) is 28.8 Å². The second-order valence-corrected chi connectivity index (χ2v) is 8.81. The van der Waals surface area contributed by atoms with Crippen LogP contribution in [0.15, 0.2) is 84.0 Å². The van der Waals surface area contributed by atoms with Gasteiger partial charge in [0.1, 0.15) is 11.6 Å². The molecule has 2 amide bonds. The summed E-state index contributed by atoms with van der Waals surface area (Å²) < 4.78 is 20.3. The van der Waals surface area contributed by atoms with Crippen LogP contribution in [0.2, 0.25) is 5.02 Å². The third kappa shape index (κ3) is 7.06. The Morgan fingerprint density at radius 1 is 0.944 bits per heavy atom. The van der Waals surface area contributed by atoms with Crippen molar-refractivity contribution in [2.75, 3.05) is 17.7 Å². The Morgan fingerprint density at radius 3 is 2.39 bits per heavy atom. The lowest BCUT2D eigenvalue weighted by Crippen LogP contribution is -2.29. The lowest BCUT2D eigenvalue weighted by molar-refractivity contribution is -0.123. The van der Waals surface area contributed by atoms with Gasteiger partial charge in [-0.15, -0.1) is 10.2 Å². The normalized spacial score (nSPS) is 10.6. The SMILES string of the molecule is O=C(COc1ccc(Cl)cc1)NCc1nnc(SCC(=O)Nc2ccc(F)cc2)n1-c1ccccc1. The predicted molar refractivity (Wildman–Crippen MR) is 136 cm³/mol. The lowest BCUT2D eigenvalue weighted by atomic mass is 10.3. The number of nitrogens with one attached hydrogen (secondary N) is 2. The second kappa shape index (κ2) is 12.2. The van der Waals surface area contributed by atoms with Gasteiger partial charge in [0, 0.05) is 16.4 Å². The topological polar surface area (TPSA) is 98.1 Å². The molecule has 3 aromatic carbocycles. The quantitative estimate of drug-likeness (QED) is 0.296. The number of para-hydroxylation sites is 1. The number of aromatic nitrogens is 3. The van der Waals surface area contributed by atoms with E-state index in [4.69, 9.17) is 16.3 Å². The number of hydrogen-bond acceptors (Lipinski definition) is 6. The van der Waals surface area contributed by atoms with Crippen LogP contribution in [0.4, 0.5) is 10.1 Å². The minimum Gasteiger partial charge on any atom is -0.484 e. The molecule has 0 fully saturated rings. The highest BCUT2D eigenvalue weighted by atomic mass is 35.5. The summed E-state index contributed by atoms with van der Waals surface area (Å²) >= 11 is 7.05. The van der Waals surface area contributed by atoms with E-state index in [1.165, 1.54) is 36.0 Å². The van der Waals surface area contributed by atoms with Crippen LogP contribution < -0.4 is 15.4 Å². The molecule has 0 atom stereocenters. The fourth-order valence-electron chi connectivity index (χ4n) is 3.11. The third-order valence-corrected chi connectivity index (χ3v) is 5.98. The van der Waals surface area contributed by atoms with E-state index < -0.39 is 0 Å². The van der Waals surface area contributed by atoms with Gasteiger partial charge in [0.05, 0.1) is 12.3 Å². The molecule has 1 aromatic heterocycles. The standard InChI is InChI=1S/C25H21ClFN5O3S/c26-17-6-12-21(13-7-17)35-15-23(33)28-14-22-30-31-25(32(22)20-4-2-1-3-5-20)36-16-24(34)29-19-10-8-18(27)9-11-19/h1-13H,14-16H2,(H,28,33)(H,29,34). The zero-order valence-corrected chi connectivity index (χ0v) is 20.4. The van der Waals surface area contributed by atoms with Crippen LogP contribution in [0.3, 0.4) is 0 Å². The molecule has 0 aliphatic carbocycles. The molecule has 2 N–H and O–H groups in total. The molecule has 0 saturated carbocycles. The molecule has 0 spiro atoms. The summed E-state index contributed by atoms with van der Waals surface area (Å²) in [7, 11) is 0. The number of carbonyl (C=O) groups is 2. The van der Waals surface area contributed by atoms with Gasteiger partial charge in [-0.25, -0.2) is 4.39 Å². The maximum absolute atomic E-state index is 13.1. The van der Waals surface area contributed by atoms with Crippen molar-refractivity contribution >= 4 is 40.9 Å². The minimum absolute atomic E-state index is 0.0592. The number of rotatable bonds is 10. The van der Waals surface area contributed by atoms with Gasteiger partial charge in [-0.1, -0.05) is 41.6 Å². The van der Waals surface area contributed by atoms with Crippen molar-refractivity contribution in [2.45, 2.75) is 11.7 Å². The molecule has 4 rings (SSSR count). The maximum atomic E-state index is 13.1. The average molecular weight is 526 g/mol. The average Bonchev–Trinajstić information content (AvgIpc) is 3.30. The van der Waals surface area contributed by atoms with Gasteiger partial charge in [-0.2, -0.15) is 0 Å². The Kier molecular flexibility index (Phi) is 8.53. The third-order valence-electron chi connectivity index (χ3n) is 4.80. The maximum Gasteiger partial charge on any atom is 0.258 e. The number of ether oxygens (including phenoxy) is 1. The van der Waals surface area contributed by atoms with E-state index in [2.05, 4.69) is 20.8 Å². The van der Waals surface area contributed by atoms with Crippen molar-refractivity contribution in [3.63, 3.8) is 0 Å². The van der Waals surface area contributed by atoms with Crippen LogP contribution in [0, 0.1) is 5.82 Å². The number of anilines is 1. The molecule has 11 heteroatoms. The number of benzene rings is 3. The minimum atomic E-state index is -0.380. The van der Waals surface area contributed by atoms with E-state index in [0.717, 1.165) is 5.69 Å². The number of hydrogen-bond donors (Lipinski definition) is 2. The van der Waals surface area contributed by atoms with Crippen molar-refractivity contribution in [3.8, 4) is 11.4 Å². The first-order valence-electron chi connectivity index (χ1n) is 10.8. The van der Waals surface area contributed by atoms with Crippen LogP contribution in [0.1, 0.15) is 5.82 Å². The Balaban J connectivity index is 1.39. The Hall–Kier alpha value is -3.89. The van der Waals surface area contributed by atoms with Crippen molar-refractivity contribution in [3.05, 3.63) is 95.5 Å². The molecule has 0 unspecified atom stereocenters. The molecule has 4 aromatic rings. The smallest absolute Gasteiger partial charge is 0.258 e. The van der Waals surface area contributed by atoms with E-state index in [-0.39, 0.29) is 36.5 Å². The zero-order chi connectivity index (χ0) is 25.3. The number of amides is 2. The molecule has 1 heterocycles. The van der Waals surface area contributed by atoms with Gasteiger partial charge < -0.3 is 15.4 Å². The van der Waals surface area contributed by atoms with E-state index in [1.807, 2.05) is 30.3 Å². The summed E-state index contributed by atoms with van der Waals surface area (Å²) in [5.74, 6) is 0.0874. The summed E-state index contributed by atoms with van der Waals surface area (Å²) in [6.45, 7) is -0.0701. The molecule has 184 valence electrons. The second-order valence-electron chi connectivity index (χ2n) is 7.43. The van der Waals surface area contributed by atoms with Gasteiger partial charge in [-0.05, 0) is 60.7 Å². The summed E-state index contributed by atoms with van der Waals surface area (Å²) in [6.07, 6.45) is 0. The van der Waals surface area contributed by atoms with Crippen LogP contribution in [-0.4, -0.2) is 38.9 Å². The van der Waals surface area contributed by atoms with E-state index in [0.29, 0.717) is 27.4 Å². The van der Waals surface area contributed by atoms with Crippen molar-refractivity contribution in [2.24, 2.45) is 0 Å². The van der Waals surface area contributed by atoms with Crippen LogP contribution in [0.25, 0.3) is 5.69 Å². The fourth-order valence-corrected chi connectivity index (χ4v) is 4.01. The van der Waals surface area contributed by atoms with Gasteiger partial charge in [0.2, 0.25) is 5.91 Å². The van der Waals surface area contributed by atoms with Gasteiger partial charge in [0.15, 0.2) is 17.6 Å². The first-order chi connectivity index (χ1) is 17.5. The molecular weight excluding hydrogens is 505 g/mol. The highest BCUT2D eigenvalue weighted by molar-refractivity contribution is 7.99. The van der Waals surface area contributed by atoms with Gasteiger partial charge in [-0.3, -0.25) is 14.2 Å². The molecule has 0 bridgehead atoms. The number of carbonyl (C=O) groups excluding carboxylic acids is 2. The monoisotopic (exact) mass is 525 g/mol. The molecule has 0 radical (unpaired) electrons. The number of thioether (sulfide) groups is 1. The Labute approximate surface area is 215 Å². The number of nitrogens with zero attached hydrogens (tertiary/aromatic N) is 3. The van der Waals surface area contributed by atoms with Crippen LogP contribution >= 0.6 is 23.4 Å². The van der Waals surface area contributed by atoms with E-state index in [9.17, 15) is 14.0 Å². The molecule has 8 nitrogen and oxygen atoms in total. The Morgan fingerprint density at radius 2 is 1.67 bits per heavy atom. The Bertz CT molecular complexity index is 1320. The van der Waals surface area contributed by atoms with Crippen LogP contribution in [0.5, 0.6) is 5.75 Å². The molecule has 0 saturated heterocycles. The number of halogens is 2. The zero-order valence-electron chi connectivity index (χ0n) is 18.9.